The predicted molar refractivity (Wildman–Crippen MR) is 109 cm³/mol. The van der Waals surface area contributed by atoms with Gasteiger partial charge in [-0.05, 0) is 46.6 Å². The first-order valence-electron chi connectivity index (χ1n) is 8.23. The molecule has 3 aromatic rings. The van der Waals surface area contributed by atoms with Crippen LogP contribution in [-0.4, -0.2) is 16.9 Å². The van der Waals surface area contributed by atoms with E-state index in [0.29, 0.717) is 20.7 Å². The number of ether oxygens (including phenoxy) is 1. The number of amides is 1. The van der Waals surface area contributed by atoms with Gasteiger partial charge in [0.15, 0.2) is 0 Å². The van der Waals surface area contributed by atoms with Crippen molar-refractivity contribution in [2.45, 2.75) is 20.0 Å². The van der Waals surface area contributed by atoms with Crippen molar-refractivity contribution in [3.05, 3.63) is 80.2 Å². The Kier molecular flexibility index (Phi) is 6.36. The van der Waals surface area contributed by atoms with Crippen molar-refractivity contribution in [3.63, 3.8) is 0 Å². The Morgan fingerprint density at radius 2 is 1.89 bits per heavy atom. The van der Waals surface area contributed by atoms with Crippen molar-refractivity contribution in [2.75, 3.05) is 5.32 Å². The third kappa shape index (κ3) is 5.24. The van der Waals surface area contributed by atoms with Crippen LogP contribution < -0.4 is 5.32 Å². The number of nitrogens with one attached hydrogen (secondary N) is 1. The van der Waals surface area contributed by atoms with E-state index in [1.807, 2.05) is 37.3 Å². The molecule has 1 heterocycles. The number of esters is 1. The number of carbonyl (C=O) groups excluding carboxylic acids is 2. The van der Waals surface area contributed by atoms with E-state index in [1.165, 1.54) is 11.3 Å². The molecule has 0 fully saturated rings. The second-order valence-electron chi connectivity index (χ2n) is 5.83. The highest BCUT2D eigenvalue weighted by molar-refractivity contribution is 9.10. The number of nitrogens with zero attached hydrogens (tertiary/aromatic N) is 1. The number of rotatable bonds is 6. The maximum atomic E-state index is 12.2. The van der Waals surface area contributed by atoms with Crippen LogP contribution >= 0.6 is 27.3 Å². The van der Waals surface area contributed by atoms with Crippen LogP contribution in [0.2, 0.25) is 0 Å². The Morgan fingerprint density at radius 1 is 1.15 bits per heavy atom. The van der Waals surface area contributed by atoms with Gasteiger partial charge in [-0.15, -0.1) is 11.3 Å². The Morgan fingerprint density at radius 3 is 2.67 bits per heavy atom. The monoisotopic (exact) mass is 444 g/mol. The van der Waals surface area contributed by atoms with Gasteiger partial charge < -0.3 is 10.1 Å². The van der Waals surface area contributed by atoms with E-state index in [1.54, 1.807) is 23.6 Å². The fourth-order valence-corrected chi connectivity index (χ4v) is 3.61. The van der Waals surface area contributed by atoms with Gasteiger partial charge in [0.25, 0.3) is 0 Å². The van der Waals surface area contributed by atoms with Crippen molar-refractivity contribution in [2.24, 2.45) is 0 Å². The van der Waals surface area contributed by atoms with Crippen LogP contribution in [0.1, 0.15) is 26.6 Å². The molecule has 0 radical (unpaired) electrons. The summed E-state index contributed by atoms with van der Waals surface area (Å²) < 4.78 is 5.98. The van der Waals surface area contributed by atoms with E-state index in [4.69, 9.17) is 4.74 Å². The third-order valence-corrected chi connectivity index (χ3v) is 5.36. The minimum Gasteiger partial charge on any atom is -0.456 e. The van der Waals surface area contributed by atoms with E-state index in [2.05, 4.69) is 26.2 Å². The SMILES string of the molecule is Cc1ccccc1NC(=O)Cc1nc(COC(=O)c2ccccc2Br)cs1. The van der Waals surface area contributed by atoms with Gasteiger partial charge in [0.05, 0.1) is 17.7 Å². The largest absolute Gasteiger partial charge is 0.456 e. The molecule has 0 aliphatic heterocycles. The number of thiazole rings is 1. The minimum absolute atomic E-state index is 0.0656. The normalized spacial score (nSPS) is 10.4. The fraction of sp³-hybridized carbons (Fsp3) is 0.150. The van der Waals surface area contributed by atoms with Gasteiger partial charge in [-0.1, -0.05) is 30.3 Å². The van der Waals surface area contributed by atoms with Gasteiger partial charge in [-0.3, -0.25) is 4.79 Å². The number of hydrogen-bond acceptors (Lipinski definition) is 5. The van der Waals surface area contributed by atoms with Crippen molar-refractivity contribution >= 4 is 44.8 Å². The molecule has 27 heavy (non-hydrogen) atoms. The summed E-state index contributed by atoms with van der Waals surface area (Å²) >= 11 is 4.70. The number of para-hydroxylation sites is 1. The fourth-order valence-electron chi connectivity index (χ4n) is 2.39. The second-order valence-corrected chi connectivity index (χ2v) is 7.63. The third-order valence-electron chi connectivity index (χ3n) is 3.78. The summed E-state index contributed by atoms with van der Waals surface area (Å²) in [5.74, 6) is -0.551. The zero-order valence-corrected chi connectivity index (χ0v) is 17.0. The lowest BCUT2D eigenvalue weighted by Crippen LogP contribution is -2.15. The highest BCUT2D eigenvalue weighted by Gasteiger charge is 2.13. The molecule has 138 valence electrons. The molecule has 0 spiro atoms. The molecule has 0 unspecified atom stereocenters. The van der Waals surface area contributed by atoms with Crippen molar-refractivity contribution in [1.29, 1.82) is 0 Å². The molecular formula is C20H17BrN2O3S. The molecule has 3 rings (SSSR count). The summed E-state index contributed by atoms with van der Waals surface area (Å²) in [6.45, 7) is 2.01. The lowest BCUT2D eigenvalue weighted by atomic mass is 10.2. The quantitative estimate of drug-likeness (QED) is 0.556. The summed E-state index contributed by atoms with van der Waals surface area (Å²) in [5, 5.41) is 5.35. The van der Waals surface area contributed by atoms with Crippen molar-refractivity contribution < 1.29 is 14.3 Å². The van der Waals surface area contributed by atoms with Gasteiger partial charge in [0.2, 0.25) is 5.91 Å². The first-order chi connectivity index (χ1) is 13.0. The first kappa shape index (κ1) is 19.3. The maximum Gasteiger partial charge on any atom is 0.339 e. The van der Waals surface area contributed by atoms with Gasteiger partial charge >= 0.3 is 5.97 Å². The van der Waals surface area contributed by atoms with Gasteiger partial charge in [-0.25, -0.2) is 9.78 Å². The summed E-state index contributed by atoms with van der Waals surface area (Å²) in [7, 11) is 0. The first-order valence-corrected chi connectivity index (χ1v) is 9.90. The molecule has 0 aliphatic rings. The molecule has 1 N–H and O–H groups in total. The number of aryl methyl sites for hydroxylation is 1. The highest BCUT2D eigenvalue weighted by Crippen LogP contribution is 2.19. The van der Waals surface area contributed by atoms with Crippen LogP contribution in [-0.2, 0) is 22.6 Å². The number of halogens is 1. The van der Waals surface area contributed by atoms with E-state index in [-0.39, 0.29) is 18.9 Å². The molecule has 0 aliphatic carbocycles. The molecule has 5 nitrogen and oxygen atoms in total. The number of aromatic nitrogens is 1. The zero-order chi connectivity index (χ0) is 19.2. The van der Waals surface area contributed by atoms with E-state index in [9.17, 15) is 9.59 Å². The smallest absolute Gasteiger partial charge is 0.339 e. The second kappa shape index (κ2) is 8.92. The molecule has 0 bridgehead atoms. The van der Waals surface area contributed by atoms with E-state index >= 15 is 0 Å². The van der Waals surface area contributed by atoms with Gasteiger partial charge in [0, 0.05) is 15.5 Å². The molecule has 0 atom stereocenters. The van der Waals surface area contributed by atoms with Crippen LogP contribution in [0.3, 0.4) is 0 Å². The summed E-state index contributed by atoms with van der Waals surface area (Å²) in [6, 6.07) is 14.7. The van der Waals surface area contributed by atoms with Crippen LogP contribution in [0, 0.1) is 6.92 Å². The van der Waals surface area contributed by atoms with Crippen LogP contribution in [0.4, 0.5) is 5.69 Å². The Labute approximate surface area is 169 Å². The van der Waals surface area contributed by atoms with Crippen LogP contribution in [0.5, 0.6) is 0 Å². The van der Waals surface area contributed by atoms with Crippen molar-refractivity contribution in [3.8, 4) is 0 Å². The summed E-state index contributed by atoms with van der Waals surface area (Å²) in [5.41, 5.74) is 2.89. The lowest BCUT2D eigenvalue weighted by Gasteiger charge is -2.06. The molecule has 7 heteroatoms. The topological polar surface area (TPSA) is 68.3 Å². The molecular weight excluding hydrogens is 428 g/mol. The maximum absolute atomic E-state index is 12.2. The number of carbonyl (C=O) groups is 2. The Hall–Kier alpha value is -2.51. The van der Waals surface area contributed by atoms with Crippen molar-refractivity contribution in [1.82, 2.24) is 4.98 Å². The Balaban J connectivity index is 1.54. The summed E-state index contributed by atoms with van der Waals surface area (Å²) in [4.78, 5) is 28.7. The molecule has 1 aromatic heterocycles. The average molecular weight is 445 g/mol. The van der Waals surface area contributed by atoms with Gasteiger partial charge in [-0.2, -0.15) is 0 Å². The molecule has 1 amide bonds. The molecule has 0 saturated heterocycles. The Bertz CT molecular complexity index is 971. The molecule has 0 saturated carbocycles. The van der Waals surface area contributed by atoms with Crippen LogP contribution in [0.15, 0.2) is 58.4 Å². The minimum atomic E-state index is -0.422. The average Bonchev–Trinajstić information content (AvgIpc) is 3.09. The number of hydrogen-bond donors (Lipinski definition) is 1. The number of anilines is 1. The summed E-state index contributed by atoms with van der Waals surface area (Å²) in [6.07, 6.45) is 0.178. The highest BCUT2D eigenvalue weighted by atomic mass is 79.9. The van der Waals surface area contributed by atoms with E-state index < -0.39 is 5.97 Å². The number of benzene rings is 2. The van der Waals surface area contributed by atoms with Gasteiger partial charge in [0.1, 0.15) is 11.6 Å². The standard InChI is InChI=1S/C20H17BrN2O3S/c1-13-6-2-5-9-17(13)23-18(24)10-19-22-14(12-27-19)11-26-20(25)15-7-3-4-8-16(15)21/h2-9,12H,10-11H2,1H3,(H,23,24). The zero-order valence-electron chi connectivity index (χ0n) is 14.6. The van der Waals surface area contributed by atoms with Crippen LogP contribution in [0.25, 0.3) is 0 Å². The molecule has 2 aromatic carbocycles. The predicted octanol–water partition coefficient (Wildman–Crippen LogP) is 4.75. The lowest BCUT2D eigenvalue weighted by molar-refractivity contribution is -0.115. The van der Waals surface area contributed by atoms with E-state index in [0.717, 1.165) is 11.3 Å².